The van der Waals surface area contributed by atoms with Crippen molar-refractivity contribution in [2.75, 3.05) is 6.54 Å². The summed E-state index contributed by atoms with van der Waals surface area (Å²) in [5.74, 6) is 0. The third-order valence-corrected chi connectivity index (χ3v) is 3.53. The van der Waals surface area contributed by atoms with Crippen molar-refractivity contribution < 1.29 is 0 Å². The Morgan fingerprint density at radius 3 is 2.72 bits per heavy atom. The number of nitrogens with one attached hydrogen (secondary N) is 1. The summed E-state index contributed by atoms with van der Waals surface area (Å²) in [6, 6.07) is 0.243. The molecule has 0 bridgehead atoms. The summed E-state index contributed by atoms with van der Waals surface area (Å²) >= 11 is 1.70. The molecule has 1 N–H and O–H groups in total. The van der Waals surface area contributed by atoms with E-state index in [2.05, 4.69) is 32.6 Å². The summed E-state index contributed by atoms with van der Waals surface area (Å²) < 4.78 is 0. The molecular formula is C13H18N4S. The van der Waals surface area contributed by atoms with Gasteiger partial charge in [-0.1, -0.05) is 6.92 Å². The number of thiazole rings is 1. The highest BCUT2D eigenvalue weighted by Gasteiger charge is 2.13. The van der Waals surface area contributed by atoms with Gasteiger partial charge in [0.05, 0.1) is 10.7 Å². The van der Waals surface area contributed by atoms with E-state index in [-0.39, 0.29) is 6.04 Å². The Morgan fingerprint density at radius 2 is 2.11 bits per heavy atom. The van der Waals surface area contributed by atoms with Crippen molar-refractivity contribution >= 4 is 11.3 Å². The first-order chi connectivity index (χ1) is 8.79. The first-order valence-corrected chi connectivity index (χ1v) is 7.07. The van der Waals surface area contributed by atoms with Crippen molar-refractivity contribution in [2.45, 2.75) is 32.7 Å². The van der Waals surface area contributed by atoms with E-state index in [1.165, 1.54) is 0 Å². The zero-order valence-electron chi connectivity index (χ0n) is 10.8. The van der Waals surface area contributed by atoms with Gasteiger partial charge in [-0.05, 0) is 19.9 Å². The van der Waals surface area contributed by atoms with Gasteiger partial charge in [0.15, 0.2) is 0 Å². The molecule has 1 atom stereocenters. The summed E-state index contributed by atoms with van der Waals surface area (Å²) in [6.45, 7) is 5.19. The van der Waals surface area contributed by atoms with E-state index in [4.69, 9.17) is 0 Å². The van der Waals surface area contributed by atoms with Crippen LogP contribution in [0.1, 0.15) is 35.7 Å². The number of rotatable bonds is 6. The van der Waals surface area contributed by atoms with Gasteiger partial charge in [0, 0.05) is 35.8 Å². The van der Waals surface area contributed by atoms with Gasteiger partial charge in [-0.3, -0.25) is 0 Å². The van der Waals surface area contributed by atoms with Crippen LogP contribution in [0.15, 0.2) is 24.1 Å². The molecule has 1 unspecified atom stereocenters. The fraction of sp³-hybridized carbons (Fsp3) is 0.462. The van der Waals surface area contributed by atoms with Gasteiger partial charge in [0.2, 0.25) is 0 Å². The second-order valence-corrected chi connectivity index (χ2v) is 5.30. The van der Waals surface area contributed by atoms with E-state index >= 15 is 0 Å². The lowest BCUT2D eigenvalue weighted by atomic mass is 10.1. The van der Waals surface area contributed by atoms with Crippen LogP contribution in [-0.2, 0) is 6.42 Å². The molecule has 0 aliphatic heterocycles. The molecule has 2 rings (SSSR count). The average Bonchev–Trinajstić information content (AvgIpc) is 2.81. The second kappa shape index (κ2) is 6.56. The minimum absolute atomic E-state index is 0.243. The van der Waals surface area contributed by atoms with E-state index in [1.807, 2.05) is 19.3 Å². The van der Waals surface area contributed by atoms with E-state index in [0.29, 0.717) is 0 Å². The van der Waals surface area contributed by atoms with E-state index in [0.717, 1.165) is 35.7 Å². The lowest BCUT2D eigenvalue weighted by Gasteiger charge is -2.17. The summed E-state index contributed by atoms with van der Waals surface area (Å²) in [6.07, 6.45) is 7.31. The third kappa shape index (κ3) is 3.58. The summed E-state index contributed by atoms with van der Waals surface area (Å²) in [5, 5.41) is 6.77. The van der Waals surface area contributed by atoms with Gasteiger partial charge in [-0.2, -0.15) is 0 Å². The maximum absolute atomic E-state index is 4.52. The van der Waals surface area contributed by atoms with Crippen LogP contribution in [0.25, 0.3) is 0 Å². The maximum Gasteiger partial charge on any atom is 0.115 e. The Hall–Kier alpha value is -1.33. The Kier molecular flexibility index (Phi) is 4.78. The van der Waals surface area contributed by atoms with Crippen molar-refractivity contribution in [3.8, 4) is 0 Å². The Morgan fingerprint density at radius 1 is 1.33 bits per heavy atom. The highest BCUT2D eigenvalue weighted by molar-refractivity contribution is 7.09. The molecule has 18 heavy (non-hydrogen) atoms. The van der Waals surface area contributed by atoms with Crippen LogP contribution in [0.5, 0.6) is 0 Å². The molecular weight excluding hydrogens is 244 g/mol. The van der Waals surface area contributed by atoms with E-state index < -0.39 is 0 Å². The molecule has 2 heterocycles. The zero-order chi connectivity index (χ0) is 12.8. The second-order valence-electron chi connectivity index (χ2n) is 4.24. The van der Waals surface area contributed by atoms with Gasteiger partial charge in [-0.15, -0.1) is 11.3 Å². The predicted octanol–water partition coefficient (Wildman–Crippen LogP) is 2.52. The van der Waals surface area contributed by atoms with Crippen LogP contribution in [0.3, 0.4) is 0 Å². The van der Waals surface area contributed by atoms with Crippen molar-refractivity contribution in [1.29, 1.82) is 0 Å². The predicted molar refractivity (Wildman–Crippen MR) is 73.6 cm³/mol. The molecule has 0 aliphatic carbocycles. The summed E-state index contributed by atoms with van der Waals surface area (Å²) in [4.78, 5) is 12.7. The normalized spacial score (nSPS) is 12.6. The summed E-state index contributed by atoms with van der Waals surface area (Å²) in [7, 11) is 0. The van der Waals surface area contributed by atoms with Gasteiger partial charge >= 0.3 is 0 Å². The van der Waals surface area contributed by atoms with Crippen molar-refractivity contribution in [2.24, 2.45) is 0 Å². The quantitative estimate of drug-likeness (QED) is 0.869. The molecule has 0 amide bonds. The zero-order valence-corrected chi connectivity index (χ0v) is 11.6. The van der Waals surface area contributed by atoms with Crippen LogP contribution >= 0.6 is 11.3 Å². The van der Waals surface area contributed by atoms with Crippen LogP contribution in [-0.4, -0.2) is 21.5 Å². The van der Waals surface area contributed by atoms with Crippen LogP contribution < -0.4 is 5.32 Å². The molecule has 2 aromatic rings. The number of aryl methyl sites for hydroxylation is 1. The SMILES string of the molecule is CCCNC(Cc1csc(C)n1)c1cncnc1. The average molecular weight is 262 g/mol. The maximum atomic E-state index is 4.52. The molecule has 0 radical (unpaired) electrons. The molecule has 0 aliphatic rings. The standard InChI is InChI=1S/C13H18N4S/c1-3-4-16-13(11-6-14-9-15-7-11)5-12-8-18-10(2)17-12/h6-9,13,16H,3-5H2,1-2H3. The van der Waals surface area contributed by atoms with Crippen molar-refractivity contribution in [3.63, 3.8) is 0 Å². The fourth-order valence-electron chi connectivity index (χ4n) is 1.83. The highest BCUT2D eigenvalue weighted by atomic mass is 32.1. The smallest absolute Gasteiger partial charge is 0.115 e. The minimum Gasteiger partial charge on any atom is -0.310 e. The fourth-order valence-corrected chi connectivity index (χ4v) is 2.45. The molecule has 0 fully saturated rings. The molecule has 2 aromatic heterocycles. The third-order valence-electron chi connectivity index (χ3n) is 2.70. The Labute approximate surface area is 112 Å². The monoisotopic (exact) mass is 262 g/mol. The topological polar surface area (TPSA) is 50.7 Å². The molecule has 0 saturated carbocycles. The minimum atomic E-state index is 0.243. The number of hydrogen-bond donors (Lipinski definition) is 1. The van der Waals surface area contributed by atoms with Crippen LogP contribution in [0.2, 0.25) is 0 Å². The molecule has 4 nitrogen and oxygen atoms in total. The first kappa shape index (κ1) is 13.1. The van der Waals surface area contributed by atoms with Crippen molar-refractivity contribution in [1.82, 2.24) is 20.3 Å². The number of nitrogens with zero attached hydrogens (tertiary/aromatic N) is 3. The van der Waals surface area contributed by atoms with Gasteiger partial charge < -0.3 is 5.32 Å². The lowest BCUT2D eigenvalue weighted by molar-refractivity contribution is 0.522. The van der Waals surface area contributed by atoms with Gasteiger partial charge in [0.25, 0.3) is 0 Å². The number of hydrogen-bond acceptors (Lipinski definition) is 5. The molecule has 96 valence electrons. The Balaban J connectivity index is 2.10. The van der Waals surface area contributed by atoms with E-state index in [9.17, 15) is 0 Å². The number of aromatic nitrogens is 3. The molecule has 5 heteroatoms. The molecule has 0 saturated heterocycles. The van der Waals surface area contributed by atoms with Crippen molar-refractivity contribution in [3.05, 3.63) is 40.4 Å². The van der Waals surface area contributed by atoms with Crippen LogP contribution in [0, 0.1) is 6.92 Å². The largest absolute Gasteiger partial charge is 0.310 e. The Bertz CT molecular complexity index is 469. The summed E-state index contributed by atoms with van der Waals surface area (Å²) in [5.41, 5.74) is 2.26. The first-order valence-electron chi connectivity index (χ1n) is 6.19. The van der Waals surface area contributed by atoms with Gasteiger partial charge in [-0.25, -0.2) is 15.0 Å². The van der Waals surface area contributed by atoms with Crippen LogP contribution in [0.4, 0.5) is 0 Å². The lowest BCUT2D eigenvalue weighted by Crippen LogP contribution is -2.24. The van der Waals surface area contributed by atoms with Gasteiger partial charge in [0.1, 0.15) is 6.33 Å². The molecule has 0 aromatic carbocycles. The highest BCUT2D eigenvalue weighted by Crippen LogP contribution is 2.18. The molecule has 0 spiro atoms. The van der Waals surface area contributed by atoms with E-state index in [1.54, 1.807) is 17.7 Å².